The number of pyridine rings is 1. The highest BCUT2D eigenvalue weighted by Crippen LogP contribution is 2.33. The van der Waals surface area contributed by atoms with Crippen LogP contribution in [-0.2, 0) is 9.53 Å². The van der Waals surface area contributed by atoms with E-state index < -0.39 is 29.5 Å². The summed E-state index contributed by atoms with van der Waals surface area (Å²) < 4.78 is 51.2. The topological polar surface area (TPSA) is 93.5 Å². The molecule has 10 heteroatoms. The van der Waals surface area contributed by atoms with E-state index >= 15 is 0 Å². The molecule has 1 amide bonds. The molecular weight excluding hydrogens is 355 g/mol. The van der Waals surface area contributed by atoms with Gasteiger partial charge in [-0.2, -0.15) is 13.2 Å². The van der Waals surface area contributed by atoms with Crippen molar-refractivity contribution in [1.29, 1.82) is 0 Å². The summed E-state index contributed by atoms with van der Waals surface area (Å²) in [6.45, 7) is 2.52. The molecule has 2 aromatic rings. The molecule has 2 heterocycles. The van der Waals surface area contributed by atoms with Gasteiger partial charge >= 0.3 is 17.8 Å². The van der Waals surface area contributed by atoms with Crippen LogP contribution < -0.4 is 10.6 Å². The maximum Gasteiger partial charge on any atom is 0.441 e. The molecule has 2 N–H and O–H groups in total. The standard InChI is InChI=1S/C16H16F3N3O4/c1-3-25-14(24)15(16(17,18)19,21-12-10(2)6-4-8-20-12)22-13(23)11-7-5-9-26-11/h4-9H,3H2,1-2H3,(H,20,21)(H,22,23)/t15-/m1/s1. The molecule has 0 fully saturated rings. The molecule has 0 unspecified atom stereocenters. The molecule has 26 heavy (non-hydrogen) atoms. The van der Waals surface area contributed by atoms with Gasteiger partial charge in [0.25, 0.3) is 5.91 Å². The molecule has 7 nitrogen and oxygen atoms in total. The summed E-state index contributed by atoms with van der Waals surface area (Å²) in [5.74, 6) is -3.61. The largest absolute Gasteiger partial charge is 0.463 e. The van der Waals surface area contributed by atoms with Crippen LogP contribution in [0.3, 0.4) is 0 Å². The molecule has 0 aliphatic carbocycles. The maximum atomic E-state index is 13.9. The molecular formula is C16H16F3N3O4. The minimum absolute atomic E-state index is 0.238. The number of hydrogen-bond acceptors (Lipinski definition) is 6. The van der Waals surface area contributed by atoms with Gasteiger partial charge in [0.2, 0.25) is 0 Å². The van der Waals surface area contributed by atoms with Gasteiger partial charge in [0, 0.05) is 6.20 Å². The number of rotatable bonds is 6. The van der Waals surface area contributed by atoms with Crippen molar-refractivity contribution in [3.05, 3.63) is 48.0 Å². The molecule has 0 spiro atoms. The zero-order valence-corrected chi connectivity index (χ0v) is 13.9. The number of amides is 1. The Morgan fingerprint density at radius 1 is 1.27 bits per heavy atom. The highest BCUT2D eigenvalue weighted by molar-refractivity contribution is 5.97. The second-order valence-corrected chi connectivity index (χ2v) is 5.19. The van der Waals surface area contributed by atoms with Gasteiger partial charge in [0.05, 0.1) is 12.9 Å². The maximum absolute atomic E-state index is 13.9. The Kier molecular flexibility index (Phi) is 5.53. The van der Waals surface area contributed by atoms with Crippen molar-refractivity contribution < 1.29 is 31.9 Å². The fraction of sp³-hybridized carbons (Fsp3) is 0.312. The smallest absolute Gasteiger partial charge is 0.441 e. The molecule has 0 aliphatic rings. The van der Waals surface area contributed by atoms with Crippen LogP contribution in [0.4, 0.5) is 19.0 Å². The van der Waals surface area contributed by atoms with E-state index in [0.717, 1.165) is 12.3 Å². The van der Waals surface area contributed by atoms with E-state index in [1.54, 1.807) is 5.32 Å². The third-order valence-electron chi connectivity index (χ3n) is 3.37. The second-order valence-electron chi connectivity index (χ2n) is 5.19. The van der Waals surface area contributed by atoms with E-state index in [9.17, 15) is 22.8 Å². The Morgan fingerprint density at radius 3 is 2.54 bits per heavy atom. The lowest BCUT2D eigenvalue weighted by Crippen LogP contribution is -2.69. The van der Waals surface area contributed by atoms with Crippen molar-refractivity contribution >= 4 is 17.7 Å². The third-order valence-corrected chi connectivity index (χ3v) is 3.37. The first kappa shape index (κ1) is 19.3. The molecule has 140 valence electrons. The Hall–Kier alpha value is -3.04. The highest BCUT2D eigenvalue weighted by atomic mass is 19.4. The first-order valence-corrected chi connectivity index (χ1v) is 7.51. The lowest BCUT2D eigenvalue weighted by Gasteiger charge is -2.35. The summed E-state index contributed by atoms with van der Waals surface area (Å²) in [6, 6.07) is 5.50. The van der Waals surface area contributed by atoms with Crippen LogP contribution in [0.5, 0.6) is 0 Å². The molecule has 0 radical (unpaired) electrons. The number of esters is 1. The molecule has 0 aliphatic heterocycles. The fourth-order valence-corrected chi connectivity index (χ4v) is 2.06. The number of ether oxygens (including phenoxy) is 1. The number of halogens is 3. The summed E-state index contributed by atoms with van der Waals surface area (Å²) in [5, 5.41) is 3.64. The minimum Gasteiger partial charge on any atom is -0.463 e. The van der Waals surface area contributed by atoms with Gasteiger partial charge in [-0.3, -0.25) is 4.79 Å². The summed E-state index contributed by atoms with van der Waals surface area (Å²) >= 11 is 0. The van der Waals surface area contributed by atoms with E-state index in [0.29, 0.717) is 5.56 Å². The van der Waals surface area contributed by atoms with Gasteiger partial charge in [-0.1, -0.05) is 6.07 Å². The van der Waals surface area contributed by atoms with Crippen molar-refractivity contribution in [3.8, 4) is 0 Å². The van der Waals surface area contributed by atoms with Crippen LogP contribution in [0, 0.1) is 6.92 Å². The van der Waals surface area contributed by atoms with E-state index in [4.69, 9.17) is 4.42 Å². The van der Waals surface area contributed by atoms with E-state index in [2.05, 4.69) is 9.72 Å². The summed E-state index contributed by atoms with van der Waals surface area (Å²) in [7, 11) is 0. The molecule has 0 saturated carbocycles. The van der Waals surface area contributed by atoms with Gasteiger partial charge in [0.15, 0.2) is 5.76 Å². The number of anilines is 1. The van der Waals surface area contributed by atoms with Crippen LogP contribution >= 0.6 is 0 Å². The van der Waals surface area contributed by atoms with Crippen LogP contribution in [0.15, 0.2) is 41.1 Å². The zero-order chi connectivity index (χ0) is 19.4. The number of aryl methyl sites for hydroxylation is 1. The number of aromatic nitrogens is 1. The summed E-state index contributed by atoms with van der Waals surface area (Å²) in [5.41, 5.74) is -3.22. The van der Waals surface area contributed by atoms with Crippen molar-refractivity contribution in [3.63, 3.8) is 0 Å². The molecule has 2 aromatic heterocycles. The van der Waals surface area contributed by atoms with Crippen molar-refractivity contribution in [2.24, 2.45) is 0 Å². The van der Waals surface area contributed by atoms with Crippen molar-refractivity contribution in [1.82, 2.24) is 10.3 Å². The van der Waals surface area contributed by atoms with Crippen LogP contribution in [0.2, 0.25) is 0 Å². The fourth-order valence-electron chi connectivity index (χ4n) is 2.06. The average molecular weight is 371 g/mol. The van der Waals surface area contributed by atoms with Crippen LogP contribution in [0.1, 0.15) is 23.0 Å². The predicted octanol–water partition coefficient (Wildman–Crippen LogP) is 2.65. The quantitative estimate of drug-likeness (QED) is 0.599. The molecule has 0 saturated heterocycles. The molecule has 1 atom stereocenters. The monoisotopic (exact) mass is 371 g/mol. The number of carbonyl (C=O) groups excluding carboxylic acids is 2. The zero-order valence-electron chi connectivity index (χ0n) is 13.9. The van der Waals surface area contributed by atoms with Gasteiger partial charge in [0.1, 0.15) is 5.82 Å². The molecule has 2 rings (SSSR count). The number of alkyl halides is 3. The minimum atomic E-state index is -5.24. The van der Waals surface area contributed by atoms with Gasteiger partial charge in [-0.25, -0.2) is 9.78 Å². The normalized spacial score (nSPS) is 13.6. The SMILES string of the molecule is CCOC(=O)[C@](NC(=O)c1ccco1)(Nc1ncccc1C)C(F)(F)F. The number of hydrogen-bond donors (Lipinski definition) is 2. The van der Waals surface area contributed by atoms with Crippen molar-refractivity contribution in [2.45, 2.75) is 25.7 Å². The lowest BCUT2D eigenvalue weighted by molar-refractivity contribution is -0.204. The Labute approximate surface area is 146 Å². The van der Waals surface area contributed by atoms with Gasteiger partial charge in [-0.15, -0.1) is 0 Å². The second kappa shape index (κ2) is 7.46. The van der Waals surface area contributed by atoms with Crippen LogP contribution in [-0.4, -0.2) is 35.3 Å². The Bertz CT molecular complexity index is 777. The molecule has 0 bridgehead atoms. The number of nitrogens with zero attached hydrogens (tertiary/aromatic N) is 1. The first-order valence-electron chi connectivity index (χ1n) is 7.51. The summed E-state index contributed by atoms with van der Waals surface area (Å²) in [6.07, 6.45) is -2.88. The number of carbonyl (C=O) groups is 2. The lowest BCUT2D eigenvalue weighted by atomic mass is 10.1. The number of furan rings is 1. The average Bonchev–Trinajstić information content (AvgIpc) is 3.09. The van der Waals surface area contributed by atoms with Gasteiger partial charge in [-0.05, 0) is 37.6 Å². The molecule has 0 aromatic carbocycles. The van der Waals surface area contributed by atoms with E-state index in [1.807, 2.05) is 5.32 Å². The van der Waals surface area contributed by atoms with Crippen LogP contribution in [0.25, 0.3) is 0 Å². The Morgan fingerprint density at radius 2 is 2.00 bits per heavy atom. The Balaban J connectivity index is 2.51. The van der Waals surface area contributed by atoms with E-state index in [-0.39, 0.29) is 12.4 Å². The van der Waals surface area contributed by atoms with E-state index in [1.165, 1.54) is 38.2 Å². The van der Waals surface area contributed by atoms with Crippen molar-refractivity contribution in [2.75, 3.05) is 11.9 Å². The summed E-state index contributed by atoms with van der Waals surface area (Å²) in [4.78, 5) is 28.2. The predicted molar refractivity (Wildman–Crippen MR) is 84.2 cm³/mol. The number of nitrogens with one attached hydrogen (secondary N) is 2. The highest BCUT2D eigenvalue weighted by Gasteiger charge is 2.64. The third kappa shape index (κ3) is 3.79. The van der Waals surface area contributed by atoms with Gasteiger partial charge < -0.3 is 19.8 Å². The first-order chi connectivity index (χ1) is 12.2.